The van der Waals surface area contributed by atoms with Gasteiger partial charge < -0.3 is 19.9 Å². The third-order valence-corrected chi connectivity index (χ3v) is 7.57. The third-order valence-electron chi connectivity index (χ3n) is 7.57. The lowest BCUT2D eigenvalue weighted by molar-refractivity contribution is -0.126. The van der Waals surface area contributed by atoms with Crippen molar-refractivity contribution < 1.29 is 9.53 Å². The largest absolute Gasteiger partial charge is 0.457 e. The Bertz CT molecular complexity index is 1800. The summed E-state index contributed by atoms with van der Waals surface area (Å²) in [7, 11) is 1.86. The van der Waals surface area contributed by atoms with Gasteiger partial charge in [-0.3, -0.25) is 4.79 Å². The maximum Gasteiger partial charge on any atom is 0.246 e. The van der Waals surface area contributed by atoms with E-state index in [0.717, 1.165) is 52.3 Å². The highest BCUT2D eigenvalue weighted by molar-refractivity contribution is 5.89. The monoisotopic (exact) mass is 533 g/mol. The lowest BCUT2D eigenvalue weighted by Gasteiger charge is -2.34. The molecule has 4 heterocycles. The van der Waals surface area contributed by atoms with Crippen LogP contribution in [0.4, 0.5) is 17.3 Å². The van der Waals surface area contributed by atoms with Crippen molar-refractivity contribution in [1.82, 2.24) is 34.8 Å². The average Bonchev–Trinajstić information content (AvgIpc) is 3.69. The Labute approximate surface area is 230 Å². The van der Waals surface area contributed by atoms with Crippen LogP contribution in [-0.4, -0.2) is 65.9 Å². The number of amides is 1. The number of carbonyl (C=O) groups is 1. The zero-order chi connectivity index (χ0) is 27.4. The van der Waals surface area contributed by atoms with E-state index in [9.17, 15) is 4.79 Å². The van der Waals surface area contributed by atoms with E-state index in [-0.39, 0.29) is 18.0 Å². The molecule has 1 saturated carbocycles. The first-order chi connectivity index (χ1) is 19.5. The molecule has 1 saturated heterocycles. The van der Waals surface area contributed by atoms with Crippen LogP contribution in [0, 0.1) is 6.92 Å². The van der Waals surface area contributed by atoms with E-state index >= 15 is 0 Å². The molecule has 1 N–H and O–H groups in total. The van der Waals surface area contributed by atoms with Crippen LogP contribution in [0.1, 0.15) is 12.0 Å². The van der Waals surface area contributed by atoms with Crippen LogP contribution in [0.2, 0.25) is 0 Å². The quantitative estimate of drug-likeness (QED) is 0.322. The highest BCUT2D eigenvalue weighted by Crippen LogP contribution is 2.39. The van der Waals surface area contributed by atoms with Crippen LogP contribution in [-0.2, 0) is 11.8 Å². The minimum absolute atomic E-state index is 0.00297. The molecule has 2 aliphatic rings. The molecule has 5 aromatic rings. The second kappa shape index (κ2) is 9.30. The van der Waals surface area contributed by atoms with Gasteiger partial charge in [0.15, 0.2) is 5.82 Å². The van der Waals surface area contributed by atoms with E-state index < -0.39 is 0 Å². The van der Waals surface area contributed by atoms with Crippen molar-refractivity contribution in [3.63, 3.8) is 0 Å². The van der Waals surface area contributed by atoms with Gasteiger partial charge in [-0.15, -0.1) is 5.10 Å². The number of ether oxygens (including phenoxy) is 1. The van der Waals surface area contributed by atoms with Crippen LogP contribution in [0.25, 0.3) is 22.1 Å². The van der Waals surface area contributed by atoms with Crippen molar-refractivity contribution in [2.75, 3.05) is 23.3 Å². The lowest BCUT2D eigenvalue weighted by Crippen LogP contribution is -2.48. The van der Waals surface area contributed by atoms with E-state index in [2.05, 4.69) is 37.1 Å². The second-order valence-corrected chi connectivity index (χ2v) is 10.1. The maximum atomic E-state index is 12.2. The van der Waals surface area contributed by atoms with Crippen molar-refractivity contribution in [2.24, 2.45) is 7.05 Å². The number of carbonyl (C=O) groups excluding carboxylic acids is 1. The van der Waals surface area contributed by atoms with Gasteiger partial charge in [-0.05, 0) is 67.4 Å². The minimum atomic E-state index is -0.00297. The Kier molecular flexibility index (Phi) is 5.58. The van der Waals surface area contributed by atoms with Crippen LogP contribution in [0.3, 0.4) is 0 Å². The van der Waals surface area contributed by atoms with Gasteiger partial charge in [-0.25, -0.2) is 19.6 Å². The predicted molar refractivity (Wildman–Crippen MR) is 152 cm³/mol. The Morgan fingerprint density at radius 1 is 1.07 bits per heavy atom. The zero-order valence-electron chi connectivity index (χ0n) is 22.2. The van der Waals surface area contributed by atoms with E-state index in [1.54, 1.807) is 4.68 Å². The van der Waals surface area contributed by atoms with Gasteiger partial charge >= 0.3 is 0 Å². The number of benzene rings is 2. The van der Waals surface area contributed by atoms with Crippen molar-refractivity contribution in [1.29, 1.82) is 0 Å². The van der Waals surface area contributed by atoms with Crippen LogP contribution in [0.5, 0.6) is 11.5 Å². The number of fused-ring (bicyclic) bond motifs is 3. The van der Waals surface area contributed by atoms with Crippen LogP contribution in [0.15, 0.2) is 67.5 Å². The molecule has 7 rings (SSSR count). The summed E-state index contributed by atoms with van der Waals surface area (Å²) < 4.78 is 7.88. The van der Waals surface area contributed by atoms with Crippen molar-refractivity contribution >= 4 is 45.3 Å². The van der Waals surface area contributed by atoms with Gasteiger partial charge in [0.25, 0.3) is 0 Å². The summed E-state index contributed by atoms with van der Waals surface area (Å²) in [6.07, 6.45) is 3.87. The molecule has 40 heavy (non-hydrogen) atoms. The summed E-state index contributed by atoms with van der Waals surface area (Å²) in [6.45, 7) is 7.01. The van der Waals surface area contributed by atoms with Crippen molar-refractivity contribution in [3.8, 4) is 11.5 Å². The Hall–Kier alpha value is -5.06. The molecule has 0 bridgehead atoms. The average molecular weight is 534 g/mol. The number of anilines is 3. The minimum Gasteiger partial charge on any atom is -0.457 e. The highest BCUT2D eigenvalue weighted by Gasteiger charge is 2.50. The fourth-order valence-electron chi connectivity index (χ4n) is 5.43. The Balaban J connectivity index is 1.11. The normalized spacial score (nSPS) is 18.1. The number of pyridine rings is 1. The number of aryl methyl sites for hydroxylation is 2. The summed E-state index contributed by atoms with van der Waals surface area (Å²) in [5, 5.41) is 11.6. The first kappa shape index (κ1) is 24.0. The standard InChI is InChI=1S/C29H27N9O2/c1-4-27(39)38-12-11-37(23-15-24(23)38)26-10-7-20-28(33-26)29(31-16-30-20)32-18-5-9-25(17(2)13-18)40-19-6-8-22-21(14-19)34-35-36(22)3/h4-10,13-14,16,23-24H,1,11-12,15H2,2-3H3,(H,30,31,32). The van der Waals surface area contributed by atoms with Crippen LogP contribution >= 0.6 is 0 Å². The number of piperazine rings is 1. The molecule has 0 spiro atoms. The van der Waals surface area contributed by atoms with E-state index in [1.807, 2.05) is 67.4 Å². The molecule has 2 atom stereocenters. The molecule has 1 amide bonds. The summed E-state index contributed by atoms with van der Waals surface area (Å²) in [4.78, 5) is 30.2. The Morgan fingerprint density at radius 2 is 1.98 bits per heavy atom. The number of hydrogen-bond donors (Lipinski definition) is 1. The molecule has 2 unspecified atom stereocenters. The molecular weight excluding hydrogens is 506 g/mol. The van der Waals surface area contributed by atoms with Crippen molar-refractivity contribution in [3.05, 3.63) is 73.1 Å². The topological polar surface area (TPSA) is 114 Å². The van der Waals surface area contributed by atoms with Gasteiger partial charge in [-0.1, -0.05) is 11.8 Å². The molecule has 2 aromatic carbocycles. The summed E-state index contributed by atoms with van der Waals surface area (Å²) in [5.41, 5.74) is 4.99. The first-order valence-electron chi connectivity index (χ1n) is 13.1. The number of nitrogens with zero attached hydrogens (tertiary/aromatic N) is 8. The number of hydrogen-bond acceptors (Lipinski definition) is 9. The molecule has 1 aliphatic heterocycles. The molecule has 200 valence electrons. The number of nitrogens with one attached hydrogen (secondary N) is 1. The third kappa shape index (κ3) is 4.15. The van der Waals surface area contributed by atoms with Gasteiger partial charge in [0, 0.05) is 31.9 Å². The second-order valence-electron chi connectivity index (χ2n) is 10.1. The smallest absolute Gasteiger partial charge is 0.246 e. The van der Waals surface area contributed by atoms with Gasteiger partial charge in [0.05, 0.1) is 23.1 Å². The molecule has 2 fully saturated rings. The van der Waals surface area contributed by atoms with E-state index in [0.29, 0.717) is 23.6 Å². The molecule has 3 aromatic heterocycles. The summed E-state index contributed by atoms with van der Waals surface area (Å²) in [6, 6.07) is 16.1. The van der Waals surface area contributed by atoms with Gasteiger partial charge in [0.2, 0.25) is 5.91 Å². The number of rotatable bonds is 6. The lowest BCUT2D eigenvalue weighted by atomic mass is 10.2. The SMILES string of the molecule is C=CC(=O)N1CCN(c2ccc3ncnc(Nc4ccc(Oc5ccc6c(c5)nnn6C)c(C)c4)c3n2)C2CC21. The van der Waals surface area contributed by atoms with Gasteiger partial charge in [0.1, 0.15) is 34.7 Å². The first-order valence-corrected chi connectivity index (χ1v) is 13.1. The number of aromatic nitrogens is 6. The molecular formula is C29H27N9O2. The van der Waals surface area contributed by atoms with Crippen LogP contribution < -0.4 is 15.0 Å². The zero-order valence-corrected chi connectivity index (χ0v) is 22.2. The molecule has 11 nitrogen and oxygen atoms in total. The van der Waals surface area contributed by atoms with Crippen molar-refractivity contribution in [2.45, 2.75) is 25.4 Å². The predicted octanol–water partition coefficient (Wildman–Crippen LogP) is 4.13. The van der Waals surface area contributed by atoms with Gasteiger partial charge in [-0.2, -0.15) is 0 Å². The summed E-state index contributed by atoms with van der Waals surface area (Å²) >= 11 is 0. The summed E-state index contributed by atoms with van der Waals surface area (Å²) in [5.74, 6) is 2.93. The van der Waals surface area contributed by atoms with E-state index in [1.165, 1.54) is 12.4 Å². The molecule has 11 heteroatoms. The fourth-order valence-corrected chi connectivity index (χ4v) is 5.43. The molecule has 1 aliphatic carbocycles. The Morgan fingerprint density at radius 3 is 2.83 bits per heavy atom. The highest BCUT2D eigenvalue weighted by atomic mass is 16.5. The molecule has 0 radical (unpaired) electrons. The fraction of sp³-hybridized carbons (Fsp3) is 0.241. The van der Waals surface area contributed by atoms with E-state index in [4.69, 9.17) is 9.72 Å². The maximum absolute atomic E-state index is 12.2.